The number of esters is 1. The van der Waals surface area contributed by atoms with Crippen LogP contribution in [0, 0.1) is 0 Å². The number of amides is 2. The lowest BCUT2D eigenvalue weighted by Gasteiger charge is -2.16. The zero-order chi connectivity index (χ0) is 18.5. The quantitative estimate of drug-likeness (QED) is 0.422. The molecule has 1 rings (SSSR count). The first-order valence-corrected chi connectivity index (χ1v) is 8.08. The van der Waals surface area contributed by atoms with Crippen LogP contribution in [0.15, 0.2) is 30.3 Å². The molecule has 2 amide bonds. The molecule has 0 heterocycles. The number of carbonyl (C=O) groups excluding carboxylic acids is 3. The van der Waals surface area contributed by atoms with Crippen LogP contribution in [-0.4, -0.2) is 44.2 Å². The Morgan fingerprint density at radius 2 is 1.88 bits per heavy atom. The Morgan fingerprint density at radius 3 is 2.52 bits per heavy atom. The summed E-state index contributed by atoms with van der Waals surface area (Å²) >= 11 is 0. The van der Waals surface area contributed by atoms with Gasteiger partial charge in [-0.25, -0.2) is 9.59 Å². The fraction of sp³-hybridized carbons (Fsp3) is 0.471. The normalized spacial score (nSPS) is 11.3. The molecule has 0 aliphatic rings. The third-order valence-electron chi connectivity index (χ3n) is 3.42. The summed E-state index contributed by atoms with van der Waals surface area (Å²) in [5.41, 5.74) is 6.03. The van der Waals surface area contributed by atoms with Crippen molar-refractivity contribution in [3.05, 3.63) is 35.9 Å². The Labute approximate surface area is 147 Å². The molecule has 8 heteroatoms. The summed E-state index contributed by atoms with van der Waals surface area (Å²) in [5, 5.41) is 5.14. The number of methoxy groups -OCH3 is 1. The summed E-state index contributed by atoms with van der Waals surface area (Å²) in [6.07, 6.45) is 0.963. The van der Waals surface area contributed by atoms with Gasteiger partial charge in [-0.1, -0.05) is 30.3 Å². The third-order valence-corrected chi connectivity index (χ3v) is 3.42. The van der Waals surface area contributed by atoms with E-state index in [1.54, 1.807) is 0 Å². The van der Waals surface area contributed by atoms with E-state index in [1.807, 2.05) is 30.3 Å². The second-order valence-electron chi connectivity index (χ2n) is 5.33. The molecule has 0 aliphatic heterocycles. The molecule has 0 aliphatic carbocycles. The molecule has 8 nitrogen and oxygen atoms in total. The minimum absolute atomic E-state index is 0.0560. The van der Waals surface area contributed by atoms with Gasteiger partial charge in [-0.3, -0.25) is 4.79 Å². The van der Waals surface area contributed by atoms with Gasteiger partial charge in [-0.2, -0.15) is 0 Å². The molecule has 4 N–H and O–H groups in total. The van der Waals surface area contributed by atoms with Crippen molar-refractivity contribution in [1.29, 1.82) is 0 Å². The molecule has 0 radical (unpaired) electrons. The highest BCUT2D eigenvalue weighted by molar-refractivity contribution is 5.81. The van der Waals surface area contributed by atoms with Crippen LogP contribution < -0.4 is 16.4 Å². The van der Waals surface area contributed by atoms with E-state index in [-0.39, 0.29) is 19.1 Å². The topological polar surface area (TPSA) is 120 Å². The monoisotopic (exact) mass is 351 g/mol. The highest BCUT2D eigenvalue weighted by Crippen LogP contribution is 2.05. The van der Waals surface area contributed by atoms with E-state index in [2.05, 4.69) is 10.6 Å². The van der Waals surface area contributed by atoms with Gasteiger partial charge in [0.1, 0.15) is 12.6 Å². The van der Waals surface area contributed by atoms with E-state index < -0.39 is 18.1 Å². The Hall–Kier alpha value is -2.61. The predicted octanol–water partition coefficient (Wildman–Crippen LogP) is 0.700. The van der Waals surface area contributed by atoms with Crippen LogP contribution in [0.25, 0.3) is 0 Å². The lowest BCUT2D eigenvalue weighted by Crippen LogP contribution is -2.41. The first-order chi connectivity index (χ1) is 12.1. The molecule has 1 aromatic rings. The Morgan fingerprint density at radius 1 is 1.16 bits per heavy atom. The van der Waals surface area contributed by atoms with E-state index in [1.165, 1.54) is 7.11 Å². The fourth-order valence-electron chi connectivity index (χ4n) is 2.07. The van der Waals surface area contributed by atoms with Gasteiger partial charge in [0.2, 0.25) is 5.91 Å². The van der Waals surface area contributed by atoms with E-state index >= 15 is 0 Å². The molecule has 0 saturated heterocycles. The molecule has 25 heavy (non-hydrogen) atoms. The lowest BCUT2D eigenvalue weighted by molar-refractivity contribution is -0.143. The summed E-state index contributed by atoms with van der Waals surface area (Å²) in [4.78, 5) is 34.6. The first kappa shape index (κ1) is 20.4. The number of benzene rings is 1. The average Bonchev–Trinajstić information content (AvgIpc) is 2.65. The summed E-state index contributed by atoms with van der Waals surface area (Å²) < 4.78 is 9.79. The summed E-state index contributed by atoms with van der Waals surface area (Å²) in [6.45, 7) is 0.521. The molecule has 138 valence electrons. The van der Waals surface area contributed by atoms with Crippen molar-refractivity contribution >= 4 is 18.0 Å². The van der Waals surface area contributed by atoms with E-state index in [0.29, 0.717) is 25.8 Å². The number of rotatable bonds is 10. The fourth-order valence-corrected chi connectivity index (χ4v) is 2.07. The second kappa shape index (κ2) is 11.9. The molecular weight excluding hydrogens is 326 g/mol. The number of ether oxygens (including phenoxy) is 2. The summed E-state index contributed by atoms with van der Waals surface area (Å²) in [6, 6.07) is 8.43. The highest BCUT2D eigenvalue weighted by atomic mass is 16.6. The van der Waals surface area contributed by atoms with Gasteiger partial charge in [0.25, 0.3) is 0 Å². The van der Waals surface area contributed by atoms with Gasteiger partial charge in [-0.05, 0) is 24.8 Å². The maximum absolute atomic E-state index is 11.9. The standard InChI is InChI=1S/C17H25N3O5/c1-24-16(22)14(9-5-6-10-19-15(21)11-18)20-17(23)25-12-13-7-3-2-4-8-13/h2-4,7-8,14H,5-6,9-12,18H2,1H3,(H,19,21)(H,20,23). The van der Waals surface area contributed by atoms with Crippen LogP contribution in [0.1, 0.15) is 24.8 Å². The van der Waals surface area contributed by atoms with Crippen molar-refractivity contribution in [2.75, 3.05) is 20.2 Å². The second-order valence-corrected chi connectivity index (χ2v) is 5.33. The molecule has 1 aromatic carbocycles. The Balaban J connectivity index is 2.35. The van der Waals surface area contributed by atoms with Gasteiger partial charge in [0.05, 0.1) is 13.7 Å². The van der Waals surface area contributed by atoms with E-state index in [4.69, 9.17) is 15.2 Å². The van der Waals surface area contributed by atoms with Crippen molar-refractivity contribution in [3.8, 4) is 0 Å². The number of hydrogen-bond acceptors (Lipinski definition) is 6. The molecule has 0 fully saturated rings. The van der Waals surface area contributed by atoms with Gasteiger partial charge >= 0.3 is 12.1 Å². The SMILES string of the molecule is COC(=O)C(CCCCNC(=O)CN)NC(=O)OCc1ccccc1. The lowest BCUT2D eigenvalue weighted by atomic mass is 10.1. The minimum atomic E-state index is -0.793. The van der Waals surface area contributed by atoms with Gasteiger partial charge in [-0.15, -0.1) is 0 Å². The molecule has 1 unspecified atom stereocenters. The van der Waals surface area contributed by atoms with Crippen molar-refractivity contribution < 1.29 is 23.9 Å². The van der Waals surface area contributed by atoms with Crippen LogP contribution in [0.5, 0.6) is 0 Å². The number of hydrogen-bond donors (Lipinski definition) is 3. The number of nitrogens with one attached hydrogen (secondary N) is 2. The first-order valence-electron chi connectivity index (χ1n) is 8.08. The maximum Gasteiger partial charge on any atom is 0.408 e. The van der Waals surface area contributed by atoms with Crippen molar-refractivity contribution in [1.82, 2.24) is 10.6 Å². The molecule has 0 saturated carbocycles. The number of alkyl carbamates (subject to hydrolysis) is 1. The van der Waals surface area contributed by atoms with Crippen molar-refractivity contribution in [3.63, 3.8) is 0 Å². The van der Waals surface area contributed by atoms with Gasteiger partial charge < -0.3 is 25.8 Å². The average molecular weight is 351 g/mol. The van der Waals surface area contributed by atoms with Crippen LogP contribution in [-0.2, 0) is 25.7 Å². The highest BCUT2D eigenvalue weighted by Gasteiger charge is 2.21. The van der Waals surface area contributed by atoms with Gasteiger partial charge in [0.15, 0.2) is 0 Å². The predicted molar refractivity (Wildman–Crippen MR) is 91.5 cm³/mol. The van der Waals surface area contributed by atoms with Crippen molar-refractivity contribution in [2.24, 2.45) is 5.73 Å². The minimum Gasteiger partial charge on any atom is -0.467 e. The maximum atomic E-state index is 11.9. The zero-order valence-electron chi connectivity index (χ0n) is 14.3. The number of nitrogens with two attached hydrogens (primary N) is 1. The van der Waals surface area contributed by atoms with Crippen LogP contribution in [0.4, 0.5) is 4.79 Å². The van der Waals surface area contributed by atoms with Crippen molar-refractivity contribution in [2.45, 2.75) is 31.9 Å². The molecule has 0 bridgehead atoms. The molecule has 0 aromatic heterocycles. The van der Waals surface area contributed by atoms with Crippen LogP contribution >= 0.6 is 0 Å². The summed E-state index contributed by atoms with van der Waals surface area (Å²) in [5.74, 6) is -0.769. The molecule has 0 spiro atoms. The Kier molecular flexibility index (Phi) is 9.69. The van der Waals surface area contributed by atoms with Gasteiger partial charge in [0, 0.05) is 6.54 Å². The van der Waals surface area contributed by atoms with E-state index in [9.17, 15) is 14.4 Å². The van der Waals surface area contributed by atoms with Crippen LogP contribution in [0.3, 0.4) is 0 Å². The number of unbranched alkanes of at least 4 members (excludes halogenated alkanes) is 1. The summed E-state index contributed by atoms with van der Waals surface area (Å²) in [7, 11) is 1.26. The third kappa shape index (κ3) is 8.71. The largest absolute Gasteiger partial charge is 0.467 e. The van der Waals surface area contributed by atoms with Crippen LogP contribution in [0.2, 0.25) is 0 Å². The van der Waals surface area contributed by atoms with E-state index in [0.717, 1.165) is 5.56 Å². The zero-order valence-corrected chi connectivity index (χ0v) is 14.3. The Bertz CT molecular complexity index is 550. The molecule has 1 atom stereocenters. The smallest absolute Gasteiger partial charge is 0.408 e. The molecular formula is C17H25N3O5. The number of carbonyl (C=O) groups is 3.